The van der Waals surface area contributed by atoms with Crippen molar-refractivity contribution in [3.8, 4) is 0 Å². The Morgan fingerprint density at radius 2 is 2.06 bits per heavy atom. The van der Waals surface area contributed by atoms with Crippen LogP contribution < -0.4 is 11.1 Å². The van der Waals surface area contributed by atoms with E-state index in [1.807, 2.05) is 0 Å². The van der Waals surface area contributed by atoms with E-state index in [1.165, 1.54) is 6.42 Å². The molecule has 1 heterocycles. The summed E-state index contributed by atoms with van der Waals surface area (Å²) in [5.41, 5.74) is 7.04. The maximum atomic E-state index is 6.11. The second-order valence-electron chi connectivity index (χ2n) is 4.66. The van der Waals surface area contributed by atoms with Crippen molar-refractivity contribution in [2.75, 3.05) is 37.7 Å². The Bertz CT molecular complexity index is 386. The predicted octanol–water partition coefficient (Wildman–Crippen LogP) is 2.94. The lowest BCUT2D eigenvalue weighted by atomic mass is 10.1. The molecule has 0 radical (unpaired) electrons. The van der Waals surface area contributed by atoms with Gasteiger partial charge < -0.3 is 16.0 Å². The number of nitrogens with one attached hydrogen (secondary N) is 1. The van der Waals surface area contributed by atoms with E-state index in [1.54, 1.807) is 12.1 Å². The van der Waals surface area contributed by atoms with Crippen LogP contribution in [0, 0.1) is 5.92 Å². The Kier molecular flexibility index (Phi) is 4.02. The molecule has 3 N–H and O–H groups in total. The van der Waals surface area contributed by atoms with E-state index in [9.17, 15) is 0 Å². The third-order valence-corrected chi connectivity index (χ3v) is 3.72. The van der Waals surface area contributed by atoms with Gasteiger partial charge in [0.25, 0.3) is 0 Å². The summed E-state index contributed by atoms with van der Waals surface area (Å²) in [6.07, 6.45) is 1.22. The molecule has 3 nitrogen and oxygen atoms in total. The fourth-order valence-electron chi connectivity index (χ4n) is 2.20. The highest BCUT2D eigenvalue weighted by Crippen LogP contribution is 2.33. The van der Waals surface area contributed by atoms with Crippen LogP contribution in [-0.2, 0) is 0 Å². The summed E-state index contributed by atoms with van der Waals surface area (Å²) >= 11 is 12.2. The second-order valence-corrected chi connectivity index (χ2v) is 5.47. The normalized spacial score (nSPS) is 20.8. The first-order chi connectivity index (χ1) is 8.06. The van der Waals surface area contributed by atoms with Crippen molar-refractivity contribution < 1.29 is 0 Å². The fraction of sp³-hybridized carbons (Fsp3) is 0.500. The van der Waals surface area contributed by atoms with Crippen molar-refractivity contribution in [1.29, 1.82) is 0 Å². The van der Waals surface area contributed by atoms with Gasteiger partial charge in [-0.1, -0.05) is 23.2 Å². The van der Waals surface area contributed by atoms with Crippen molar-refractivity contribution >= 4 is 34.6 Å². The lowest BCUT2D eigenvalue weighted by molar-refractivity contribution is 0.399. The van der Waals surface area contributed by atoms with E-state index in [-0.39, 0.29) is 0 Å². The average Bonchev–Trinajstić information content (AvgIpc) is 2.62. The maximum absolute atomic E-state index is 6.11. The van der Waals surface area contributed by atoms with Gasteiger partial charge >= 0.3 is 0 Å². The Morgan fingerprint density at radius 3 is 2.59 bits per heavy atom. The third kappa shape index (κ3) is 3.18. The quantitative estimate of drug-likeness (QED) is 0.833. The zero-order chi connectivity index (χ0) is 12.4. The molecule has 0 amide bonds. The van der Waals surface area contributed by atoms with Gasteiger partial charge in [0.05, 0.1) is 15.7 Å². The van der Waals surface area contributed by atoms with E-state index in [2.05, 4.69) is 17.3 Å². The van der Waals surface area contributed by atoms with Crippen LogP contribution >= 0.6 is 23.2 Å². The van der Waals surface area contributed by atoms with E-state index >= 15 is 0 Å². The van der Waals surface area contributed by atoms with Crippen molar-refractivity contribution in [1.82, 2.24) is 4.90 Å². The van der Waals surface area contributed by atoms with Gasteiger partial charge in [-0.15, -0.1) is 0 Å². The topological polar surface area (TPSA) is 41.3 Å². The Balaban J connectivity index is 1.99. The molecule has 17 heavy (non-hydrogen) atoms. The highest BCUT2D eigenvalue weighted by atomic mass is 35.5. The lowest BCUT2D eigenvalue weighted by Gasteiger charge is -2.15. The monoisotopic (exact) mass is 273 g/mol. The van der Waals surface area contributed by atoms with Crippen LogP contribution in [0.4, 0.5) is 11.4 Å². The summed E-state index contributed by atoms with van der Waals surface area (Å²) in [6.45, 7) is 3.18. The minimum absolute atomic E-state index is 0.585. The van der Waals surface area contributed by atoms with Gasteiger partial charge in [0.1, 0.15) is 0 Å². The van der Waals surface area contributed by atoms with Gasteiger partial charge in [0, 0.05) is 18.8 Å². The number of nitrogen functional groups attached to an aromatic ring is 1. The number of rotatable bonds is 3. The molecular formula is C12H17Cl2N3. The number of nitrogens with two attached hydrogens (primary N) is 1. The molecule has 1 aromatic carbocycles. The Labute approximate surface area is 112 Å². The molecule has 1 saturated heterocycles. The fourth-order valence-corrected chi connectivity index (χ4v) is 2.84. The van der Waals surface area contributed by atoms with Gasteiger partial charge in [0.2, 0.25) is 0 Å². The zero-order valence-corrected chi connectivity index (χ0v) is 11.4. The molecule has 94 valence electrons. The van der Waals surface area contributed by atoms with Crippen molar-refractivity contribution in [2.45, 2.75) is 6.42 Å². The largest absolute Gasteiger partial charge is 0.399 e. The molecule has 2 rings (SSSR count). The van der Waals surface area contributed by atoms with Gasteiger partial charge in [0.15, 0.2) is 0 Å². The summed E-state index contributed by atoms with van der Waals surface area (Å²) in [4.78, 5) is 2.33. The molecule has 1 atom stereocenters. The SMILES string of the molecule is CN1CCC(CNc2c(Cl)cc(N)cc2Cl)C1. The molecular weight excluding hydrogens is 257 g/mol. The van der Waals surface area contributed by atoms with Gasteiger partial charge in [-0.2, -0.15) is 0 Å². The molecule has 0 aliphatic carbocycles. The first-order valence-electron chi connectivity index (χ1n) is 5.73. The van der Waals surface area contributed by atoms with Crippen molar-refractivity contribution in [2.24, 2.45) is 5.92 Å². The number of anilines is 2. The second kappa shape index (κ2) is 5.34. The molecule has 0 saturated carbocycles. The molecule has 0 bridgehead atoms. The van der Waals surface area contributed by atoms with Crippen LogP contribution in [0.15, 0.2) is 12.1 Å². The van der Waals surface area contributed by atoms with Crippen LogP contribution in [0.2, 0.25) is 10.0 Å². The van der Waals surface area contributed by atoms with Gasteiger partial charge in [-0.05, 0) is 38.1 Å². The summed E-state index contributed by atoms with van der Waals surface area (Å²) in [6, 6.07) is 3.44. The minimum atomic E-state index is 0.585. The van der Waals surface area contributed by atoms with E-state index < -0.39 is 0 Å². The van der Waals surface area contributed by atoms with Crippen LogP contribution in [0.3, 0.4) is 0 Å². The number of hydrogen-bond donors (Lipinski definition) is 2. The Hall–Kier alpha value is -0.640. The number of nitrogens with zero attached hydrogens (tertiary/aromatic N) is 1. The summed E-state index contributed by atoms with van der Waals surface area (Å²) in [5.74, 6) is 0.657. The van der Waals surface area contributed by atoms with Crippen molar-refractivity contribution in [3.05, 3.63) is 22.2 Å². The maximum Gasteiger partial charge on any atom is 0.0720 e. The van der Waals surface area contributed by atoms with E-state index in [0.29, 0.717) is 21.7 Å². The standard InChI is InChI=1S/C12H17Cl2N3/c1-17-3-2-8(7-17)6-16-12-10(13)4-9(15)5-11(12)14/h4-5,8,16H,2-3,6-7,15H2,1H3. The highest BCUT2D eigenvalue weighted by molar-refractivity contribution is 6.39. The average molecular weight is 274 g/mol. The van der Waals surface area contributed by atoms with Crippen LogP contribution in [0.5, 0.6) is 0 Å². The van der Waals surface area contributed by atoms with Gasteiger partial charge in [-0.3, -0.25) is 0 Å². The molecule has 1 fully saturated rings. The van der Waals surface area contributed by atoms with Crippen LogP contribution in [-0.4, -0.2) is 31.6 Å². The number of likely N-dealkylation sites (tertiary alicyclic amines) is 1. The molecule has 5 heteroatoms. The predicted molar refractivity (Wildman–Crippen MR) is 75.0 cm³/mol. The first kappa shape index (κ1) is 12.8. The lowest BCUT2D eigenvalue weighted by Crippen LogP contribution is -2.19. The van der Waals surface area contributed by atoms with Gasteiger partial charge in [-0.25, -0.2) is 0 Å². The molecule has 1 aromatic rings. The van der Waals surface area contributed by atoms with Crippen LogP contribution in [0.1, 0.15) is 6.42 Å². The van der Waals surface area contributed by atoms with E-state index in [0.717, 1.165) is 25.3 Å². The summed E-state index contributed by atoms with van der Waals surface area (Å²) in [7, 11) is 2.14. The smallest absolute Gasteiger partial charge is 0.0720 e. The number of benzene rings is 1. The molecule has 0 spiro atoms. The third-order valence-electron chi connectivity index (χ3n) is 3.12. The van der Waals surface area contributed by atoms with E-state index in [4.69, 9.17) is 28.9 Å². The minimum Gasteiger partial charge on any atom is -0.399 e. The summed E-state index contributed by atoms with van der Waals surface area (Å²) < 4.78 is 0. The zero-order valence-electron chi connectivity index (χ0n) is 9.84. The molecule has 1 aliphatic heterocycles. The van der Waals surface area contributed by atoms with Crippen molar-refractivity contribution in [3.63, 3.8) is 0 Å². The number of halogens is 2. The molecule has 0 aromatic heterocycles. The molecule has 1 aliphatic rings. The number of hydrogen-bond acceptors (Lipinski definition) is 3. The first-order valence-corrected chi connectivity index (χ1v) is 6.49. The highest BCUT2D eigenvalue weighted by Gasteiger charge is 2.19. The van der Waals surface area contributed by atoms with Crippen LogP contribution in [0.25, 0.3) is 0 Å². The summed E-state index contributed by atoms with van der Waals surface area (Å²) in [5, 5.41) is 4.49. The Morgan fingerprint density at radius 1 is 1.41 bits per heavy atom. The molecule has 1 unspecified atom stereocenters.